The number of carbonyl (C=O) groups excluding carboxylic acids is 1. The molecule has 1 heterocycles. The summed E-state index contributed by atoms with van der Waals surface area (Å²) in [5, 5.41) is 0. The maximum Gasteiger partial charge on any atom is 0.306 e. The van der Waals surface area contributed by atoms with Gasteiger partial charge in [-0.25, -0.2) is 0 Å². The number of cyclic esters (lactones) is 1. The van der Waals surface area contributed by atoms with Crippen LogP contribution in [0.5, 0.6) is 0 Å². The van der Waals surface area contributed by atoms with Gasteiger partial charge in [0.2, 0.25) is 0 Å². The molecule has 3 nitrogen and oxygen atoms in total. The van der Waals surface area contributed by atoms with Crippen LogP contribution in [0.15, 0.2) is 0 Å². The number of hydrogen-bond donors (Lipinski definition) is 0. The van der Waals surface area contributed by atoms with E-state index in [2.05, 4.69) is 11.9 Å². The average Bonchev–Trinajstić information content (AvgIpc) is 2.90. The largest absolute Gasteiger partial charge is 0.461 e. The van der Waals surface area contributed by atoms with Crippen LogP contribution < -0.4 is 0 Å². The molecule has 0 spiro atoms. The minimum atomic E-state index is -0.0191. The highest BCUT2D eigenvalue weighted by atomic mass is 16.5. The zero-order valence-electron chi connectivity index (χ0n) is 11.0. The molecule has 1 aliphatic carbocycles. The summed E-state index contributed by atoms with van der Waals surface area (Å²) in [5.41, 5.74) is 0. The van der Waals surface area contributed by atoms with Crippen molar-refractivity contribution in [2.24, 2.45) is 5.92 Å². The molecule has 0 radical (unpaired) electrons. The Morgan fingerprint density at radius 2 is 2.06 bits per heavy atom. The number of ether oxygens (including phenoxy) is 1. The third kappa shape index (κ3) is 4.30. The highest BCUT2D eigenvalue weighted by Gasteiger charge is 2.24. The monoisotopic (exact) mass is 239 g/mol. The van der Waals surface area contributed by atoms with Crippen LogP contribution in [0.3, 0.4) is 0 Å². The van der Waals surface area contributed by atoms with Gasteiger partial charge in [-0.3, -0.25) is 4.79 Å². The van der Waals surface area contributed by atoms with E-state index in [4.69, 9.17) is 4.74 Å². The zero-order valence-corrected chi connectivity index (χ0v) is 11.0. The second-order valence-electron chi connectivity index (χ2n) is 5.71. The molecule has 1 saturated heterocycles. The lowest BCUT2D eigenvalue weighted by Gasteiger charge is -2.20. The second-order valence-corrected chi connectivity index (χ2v) is 5.71. The van der Waals surface area contributed by atoms with Gasteiger partial charge < -0.3 is 9.64 Å². The Balaban J connectivity index is 1.54. The molecule has 98 valence electrons. The highest BCUT2D eigenvalue weighted by molar-refractivity contribution is 5.71. The predicted molar refractivity (Wildman–Crippen MR) is 67.8 cm³/mol. The van der Waals surface area contributed by atoms with Gasteiger partial charge in [-0.2, -0.15) is 0 Å². The van der Waals surface area contributed by atoms with E-state index in [1.54, 1.807) is 0 Å². The molecule has 0 aromatic carbocycles. The van der Waals surface area contributed by atoms with Crippen LogP contribution in [0.25, 0.3) is 0 Å². The number of hydrogen-bond acceptors (Lipinski definition) is 3. The molecule has 1 saturated carbocycles. The summed E-state index contributed by atoms with van der Waals surface area (Å²) in [7, 11) is 2.14. The highest BCUT2D eigenvalue weighted by Crippen LogP contribution is 2.28. The number of esters is 1. The molecule has 0 N–H and O–H groups in total. The van der Waals surface area contributed by atoms with Gasteiger partial charge in [0.05, 0.1) is 0 Å². The quantitative estimate of drug-likeness (QED) is 0.667. The van der Waals surface area contributed by atoms with Gasteiger partial charge in [0, 0.05) is 13.0 Å². The summed E-state index contributed by atoms with van der Waals surface area (Å²) in [6.07, 6.45) is 10.1. The van der Waals surface area contributed by atoms with Gasteiger partial charge in [0.1, 0.15) is 6.10 Å². The third-order valence-corrected chi connectivity index (χ3v) is 4.11. The van der Waals surface area contributed by atoms with Gasteiger partial charge in [-0.05, 0) is 38.8 Å². The van der Waals surface area contributed by atoms with Crippen LogP contribution >= 0.6 is 0 Å². The zero-order chi connectivity index (χ0) is 12.1. The van der Waals surface area contributed by atoms with E-state index in [1.807, 2.05) is 0 Å². The summed E-state index contributed by atoms with van der Waals surface area (Å²) in [4.78, 5) is 13.3. The standard InChI is InChI=1S/C14H25NO2/c1-15(11-13-8-9-14(16)17-13)10-4-7-12-5-2-3-6-12/h12-13H,2-11H2,1H3. The fraction of sp³-hybridized carbons (Fsp3) is 0.929. The van der Waals surface area contributed by atoms with Crippen molar-refractivity contribution in [3.8, 4) is 0 Å². The number of rotatable bonds is 6. The molecular formula is C14H25NO2. The molecule has 3 heteroatoms. The number of nitrogens with zero attached hydrogens (tertiary/aromatic N) is 1. The smallest absolute Gasteiger partial charge is 0.306 e. The molecule has 2 rings (SSSR count). The van der Waals surface area contributed by atoms with E-state index in [0.29, 0.717) is 6.42 Å². The fourth-order valence-electron chi connectivity index (χ4n) is 3.10. The Kier molecular flexibility index (Phi) is 4.84. The maximum atomic E-state index is 11.0. The van der Waals surface area contributed by atoms with Crippen LogP contribution in [0.2, 0.25) is 0 Å². The maximum absolute atomic E-state index is 11.0. The lowest BCUT2D eigenvalue weighted by Crippen LogP contribution is -2.30. The van der Waals surface area contributed by atoms with Gasteiger partial charge in [0.15, 0.2) is 0 Å². The summed E-state index contributed by atoms with van der Waals surface area (Å²) in [6.45, 7) is 2.06. The summed E-state index contributed by atoms with van der Waals surface area (Å²) in [5.74, 6) is 0.974. The molecule has 0 amide bonds. The van der Waals surface area contributed by atoms with Gasteiger partial charge >= 0.3 is 5.97 Å². The molecule has 0 aromatic heterocycles. The number of likely N-dealkylation sites (N-methyl/N-ethyl adjacent to an activating group) is 1. The van der Waals surface area contributed by atoms with Crippen molar-refractivity contribution in [2.75, 3.05) is 20.1 Å². The molecule has 1 unspecified atom stereocenters. The first-order valence-electron chi connectivity index (χ1n) is 7.12. The molecule has 2 aliphatic rings. The fourth-order valence-corrected chi connectivity index (χ4v) is 3.10. The second kappa shape index (κ2) is 6.39. The normalized spacial score (nSPS) is 25.8. The molecule has 1 atom stereocenters. The van der Waals surface area contributed by atoms with Crippen LogP contribution in [0, 0.1) is 5.92 Å². The minimum absolute atomic E-state index is 0.0191. The van der Waals surface area contributed by atoms with Crippen LogP contribution in [0.4, 0.5) is 0 Å². The Morgan fingerprint density at radius 1 is 1.29 bits per heavy atom. The van der Waals surface area contributed by atoms with E-state index >= 15 is 0 Å². The Hall–Kier alpha value is -0.570. The van der Waals surface area contributed by atoms with Gasteiger partial charge in [-0.15, -0.1) is 0 Å². The van der Waals surface area contributed by atoms with Gasteiger partial charge in [0.25, 0.3) is 0 Å². The average molecular weight is 239 g/mol. The van der Waals surface area contributed by atoms with Crippen LogP contribution in [-0.4, -0.2) is 37.1 Å². The lowest BCUT2D eigenvalue weighted by molar-refractivity contribution is -0.141. The first-order valence-corrected chi connectivity index (χ1v) is 7.12. The Morgan fingerprint density at radius 3 is 2.71 bits per heavy atom. The molecule has 17 heavy (non-hydrogen) atoms. The van der Waals surface area contributed by atoms with Crippen LogP contribution in [0.1, 0.15) is 51.4 Å². The Labute approximate surface area is 105 Å². The Bertz CT molecular complexity index is 249. The van der Waals surface area contributed by atoms with E-state index < -0.39 is 0 Å². The molecular weight excluding hydrogens is 214 g/mol. The van der Waals surface area contributed by atoms with Crippen molar-refractivity contribution in [3.63, 3.8) is 0 Å². The van der Waals surface area contributed by atoms with Crippen LogP contribution in [-0.2, 0) is 9.53 Å². The van der Waals surface area contributed by atoms with E-state index in [1.165, 1.54) is 38.5 Å². The molecule has 1 aliphatic heterocycles. The summed E-state index contributed by atoms with van der Waals surface area (Å²) in [6, 6.07) is 0. The van der Waals surface area contributed by atoms with Crippen molar-refractivity contribution in [3.05, 3.63) is 0 Å². The van der Waals surface area contributed by atoms with Crippen molar-refractivity contribution < 1.29 is 9.53 Å². The van der Waals surface area contributed by atoms with E-state index in [-0.39, 0.29) is 12.1 Å². The van der Waals surface area contributed by atoms with Crippen molar-refractivity contribution in [2.45, 2.75) is 57.5 Å². The summed E-state index contributed by atoms with van der Waals surface area (Å²) < 4.78 is 5.23. The van der Waals surface area contributed by atoms with E-state index in [0.717, 1.165) is 25.4 Å². The minimum Gasteiger partial charge on any atom is -0.461 e. The lowest BCUT2D eigenvalue weighted by atomic mass is 10.0. The first-order chi connectivity index (χ1) is 8.24. The topological polar surface area (TPSA) is 29.5 Å². The van der Waals surface area contributed by atoms with Crippen molar-refractivity contribution in [1.29, 1.82) is 0 Å². The van der Waals surface area contributed by atoms with E-state index in [9.17, 15) is 4.79 Å². The number of carbonyl (C=O) groups is 1. The molecule has 0 aromatic rings. The van der Waals surface area contributed by atoms with Crippen molar-refractivity contribution >= 4 is 5.97 Å². The van der Waals surface area contributed by atoms with Crippen molar-refractivity contribution in [1.82, 2.24) is 4.90 Å². The third-order valence-electron chi connectivity index (χ3n) is 4.11. The molecule has 2 fully saturated rings. The molecule has 0 bridgehead atoms. The predicted octanol–water partition coefficient (Wildman–Crippen LogP) is 2.59. The first kappa shape index (κ1) is 12.9. The van der Waals surface area contributed by atoms with Gasteiger partial charge in [-0.1, -0.05) is 25.7 Å². The SMILES string of the molecule is CN(CCCC1CCCC1)CC1CCC(=O)O1. The summed E-state index contributed by atoms with van der Waals surface area (Å²) >= 11 is 0.